The molecule has 0 unspecified atom stereocenters. The summed E-state index contributed by atoms with van der Waals surface area (Å²) in [5.74, 6) is -0.423. The Kier molecular flexibility index (Phi) is 6.17. The topological polar surface area (TPSA) is 75.3 Å². The van der Waals surface area contributed by atoms with Crippen molar-refractivity contribution in [3.05, 3.63) is 87.4 Å². The highest BCUT2D eigenvalue weighted by molar-refractivity contribution is 7.92. The normalized spacial score (nSPS) is 11.2. The maximum atomic E-state index is 12.6. The maximum absolute atomic E-state index is 12.6. The minimum atomic E-state index is -3.76. The van der Waals surface area contributed by atoms with Crippen LogP contribution in [0.15, 0.2) is 65.6 Å². The number of hydrogen-bond acceptors (Lipinski definition) is 3. The number of anilines is 2. The molecule has 5 nitrogen and oxygen atoms in total. The quantitative estimate of drug-likeness (QED) is 0.528. The van der Waals surface area contributed by atoms with Crippen LogP contribution in [0.3, 0.4) is 0 Å². The van der Waals surface area contributed by atoms with E-state index < -0.39 is 15.9 Å². The number of halogens is 2. The van der Waals surface area contributed by atoms with Crippen LogP contribution < -0.4 is 10.0 Å². The Morgan fingerprint density at radius 1 is 0.897 bits per heavy atom. The fourth-order valence-corrected chi connectivity index (χ4v) is 4.10. The molecule has 0 fully saturated rings. The Labute approximate surface area is 179 Å². The SMILES string of the molecule is Cc1ccc(S(=O)(=O)Nc2ccc(C(=O)Nc3cc(Cl)ccc3C)c(Cl)c2)cc1. The Balaban J connectivity index is 1.80. The molecule has 0 saturated carbocycles. The van der Waals surface area contributed by atoms with Gasteiger partial charge in [0.05, 0.1) is 21.2 Å². The van der Waals surface area contributed by atoms with Gasteiger partial charge in [-0.3, -0.25) is 9.52 Å². The second-order valence-corrected chi connectivity index (χ2v) is 9.05. The van der Waals surface area contributed by atoms with Crippen LogP contribution in [0.4, 0.5) is 11.4 Å². The molecule has 2 N–H and O–H groups in total. The number of sulfonamides is 1. The average molecular weight is 449 g/mol. The van der Waals surface area contributed by atoms with E-state index in [-0.39, 0.29) is 21.2 Å². The molecule has 0 heterocycles. The van der Waals surface area contributed by atoms with E-state index in [9.17, 15) is 13.2 Å². The van der Waals surface area contributed by atoms with E-state index in [0.717, 1.165) is 11.1 Å². The first-order valence-corrected chi connectivity index (χ1v) is 10.9. The Hall–Kier alpha value is -2.54. The van der Waals surface area contributed by atoms with Gasteiger partial charge in [-0.05, 0) is 61.9 Å². The van der Waals surface area contributed by atoms with Crippen molar-refractivity contribution in [2.75, 3.05) is 10.0 Å². The highest BCUT2D eigenvalue weighted by Crippen LogP contribution is 2.26. The predicted octanol–water partition coefficient (Wildman–Crippen LogP) is 5.66. The minimum absolute atomic E-state index is 0.117. The summed E-state index contributed by atoms with van der Waals surface area (Å²) in [7, 11) is -3.76. The molecule has 0 radical (unpaired) electrons. The Bertz CT molecular complexity index is 1180. The van der Waals surface area contributed by atoms with Crippen LogP contribution in [0, 0.1) is 13.8 Å². The molecular formula is C21H18Cl2N2O3S. The summed E-state index contributed by atoms with van der Waals surface area (Å²) in [5, 5.41) is 3.38. The van der Waals surface area contributed by atoms with Crippen LogP contribution in [0.25, 0.3) is 0 Å². The molecule has 0 aromatic heterocycles. The smallest absolute Gasteiger partial charge is 0.261 e. The van der Waals surface area contributed by atoms with E-state index in [0.29, 0.717) is 10.7 Å². The van der Waals surface area contributed by atoms with E-state index in [1.54, 1.807) is 30.3 Å². The van der Waals surface area contributed by atoms with E-state index in [2.05, 4.69) is 10.0 Å². The summed E-state index contributed by atoms with van der Waals surface area (Å²) in [4.78, 5) is 12.7. The standard InChI is InChI=1S/C21H18Cl2N2O3S/c1-13-3-8-17(9-4-13)29(27,28)25-16-7-10-18(19(23)12-16)21(26)24-20-11-15(22)6-5-14(20)2/h3-12,25H,1-2H3,(H,24,26). The molecule has 0 atom stereocenters. The second-order valence-electron chi connectivity index (χ2n) is 6.53. The van der Waals surface area contributed by atoms with Crippen molar-refractivity contribution in [2.24, 2.45) is 0 Å². The first-order chi connectivity index (χ1) is 13.7. The summed E-state index contributed by atoms with van der Waals surface area (Å²) >= 11 is 12.2. The van der Waals surface area contributed by atoms with Gasteiger partial charge >= 0.3 is 0 Å². The maximum Gasteiger partial charge on any atom is 0.261 e. The van der Waals surface area contributed by atoms with Gasteiger partial charge in [0.1, 0.15) is 0 Å². The third-order valence-electron chi connectivity index (χ3n) is 4.25. The predicted molar refractivity (Wildman–Crippen MR) is 118 cm³/mol. The fraction of sp³-hybridized carbons (Fsp3) is 0.0952. The molecule has 0 bridgehead atoms. The molecule has 0 aliphatic rings. The van der Waals surface area contributed by atoms with Gasteiger partial charge in [0, 0.05) is 10.7 Å². The lowest BCUT2D eigenvalue weighted by molar-refractivity contribution is 0.102. The monoisotopic (exact) mass is 448 g/mol. The van der Waals surface area contributed by atoms with Gasteiger partial charge in [0.2, 0.25) is 0 Å². The molecule has 3 aromatic carbocycles. The number of nitrogens with one attached hydrogen (secondary N) is 2. The molecule has 8 heteroatoms. The molecule has 3 rings (SSSR count). The largest absolute Gasteiger partial charge is 0.322 e. The summed E-state index contributed by atoms with van der Waals surface area (Å²) < 4.78 is 27.5. The fourth-order valence-electron chi connectivity index (χ4n) is 2.61. The number of rotatable bonds is 5. The number of carbonyl (C=O) groups is 1. The summed E-state index contributed by atoms with van der Waals surface area (Å²) in [6.45, 7) is 3.72. The van der Waals surface area contributed by atoms with Crippen molar-refractivity contribution in [2.45, 2.75) is 18.7 Å². The zero-order chi connectivity index (χ0) is 21.2. The molecule has 3 aromatic rings. The molecule has 1 amide bonds. The number of benzene rings is 3. The highest BCUT2D eigenvalue weighted by Gasteiger charge is 2.17. The van der Waals surface area contributed by atoms with Gasteiger partial charge in [0.15, 0.2) is 0 Å². The Morgan fingerprint density at radius 2 is 1.59 bits per heavy atom. The van der Waals surface area contributed by atoms with Crippen molar-refractivity contribution < 1.29 is 13.2 Å². The van der Waals surface area contributed by atoms with Crippen molar-refractivity contribution in [1.29, 1.82) is 0 Å². The van der Waals surface area contributed by atoms with Crippen molar-refractivity contribution >= 4 is 50.5 Å². The first kappa shape index (κ1) is 21.2. The van der Waals surface area contributed by atoms with Crippen LogP contribution in [0.1, 0.15) is 21.5 Å². The third-order valence-corrected chi connectivity index (χ3v) is 6.19. The number of carbonyl (C=O) groups excluding carboxylic acids is 1. The second kappa shape index (κ2) is 8.45. The van der Waals surface area contributed by atoms with Crippen LogP contribution in [0.5, 0.6) is 0 Å². The highest BCUT2D eigenvalue weighted by atomic mass is 35.5. The van der Waals surface area contributed by atoms with Crippen molar-refractivity contribution in [3.63, 3.8) is 0 Å². The van der Waals surface area contributed by atoms with Gasteiger partial charge in [0.25, 0.3) is 15.9 Å². The van der Waals surface area contributed by atoms with Gasteiger partial charge in [-0.2, -0.15) is 0 Å². The lowest BCUT2D eigenvalue weighted by Gasteiger charge is -2.12. The van der Waals surface area contributed by atoms with E-state index in [4.69, 9.17) is 23.2 Å². The van der Waals surface area contributed by atoms with Crippen molar-refractivity contribution in [1.82, 2.24) is 0 Å². The van der Waals surface area contributed by atoms with Gasteiger partial charge in [-0.1, -0.05) is 47.0 Å². The summed E-state index contributed by atoms with van der Waals surface area (Å²) in [6, 6.07) is 16.0. The number of amides is 1. The molecule has 29 heavy (non-hydrogen) atoms. The first-order valence-electron chi connectivity index (χ1n) is 8.62. The van der Waals surface area contributed by atoms with E-state index >= 15 is 0 Å². The summed E-state index contributed by atoms with van der Waals surface area (Å²) in [5.41, 5.74) is 2.84. The van der Waals surface area contributed by atoms with Gasteiger partial charge in [-0.15, -0.1) is 0 Å². The number of aryl methyl sites for hydroxylation is 2. The van der Waals surface area contributed by atoms with Crippen LogP contribution >= 0.6 is 23.2 Å². The van der Waals surface area contributed by atoms with E-state index in [1.807, 2.05) is 13.8 Å². The molecular weight excluding hydrogens is 431 g/mol. The molecule has 0 spiro atoms. The van der Waals surface area contributed by atoms with Crippen LogP contribution in [-0.2, 0) is 10.0 Å². The van der Waals surface area contributed by atoms with Gasteiger partial charge in [-0.25, -0.2) is 8.42 Å². The minimum Gasteiger partial charge on any atom is -0.322 e. The molecule has 0 aliphatic carbocycles. The van der Waals surface area contributed by atoms with Crippen LogP contribution in [0.2, 0.25) is 10.0 Å². The van der Waals surface area contributed by atoms with Gasteiger partial charge < -0.3 is 5.32 Å². The van der Waals surface area contributed by atoms with E-state index in [1.165, 1.54) is 30.3 Å². The zero-order valence-corrected chi connectivity index (χ0v) is 18.0. The third kappa shape index (κ3) is 5.09. The van der Waals surface area contributed by atoms with Crippen LogP contribution in [-0.4, -0.2) is 14.3 Å². The Morgan fingerprint density at radius 3 is 2.24 bits per heavy atom. The van der Waals surface area contributed by atoms with Crippen molar-refractivity contribution in [3.8, 4) is 0 Å². The molecule has 0 aliphatic heterocycles. The lowest BCUT2D eigenvalue weighted by Crippen LogP contribution is -2.15. The number of hydrogen-bond donors (Lipinski definition) is 2. The lowest BCUT2D eigenvalue weighted by atomic mass is 10.1. The molecule has 0 saturated heterocycles. The average Bonchev–Trinajstić information content (AvgIpc) is 2.64. The zero-order valence-electron chi connectivity index (χ0n) is 15.7. The molecule has 150 valence electrons. The summed E-state index contributed by atoms with van der Waals surface area (Å²) in [6.07, 6.45) is 0.